The second kappa shape index (κ2) is 6.18. The third kappa shape index (κ3) is 3.45. The molecule has 0 aliphatic carbocycles. The number of nitrogens with zero attached hydrogens (tertiary/aromatic N) is 2. The highest BCUT2D eigenvalue weighted by Gasteiger charge is 2.35. The van der Waals surface area contributed by atoms with Gasteiger partial charge in [-0.15, -0.1) is 0 Å². The monoisotopic (exact) mass is 333 g/mol. The molecule has 1 aromatic carbocycles. The summed E-state index contributed by atoms with van der Waals surface area (Å²) in [6, 6.07) is 5.42. The summed E-state index contributed by atoms with van der Waals surface area (Å²) in [4.78, 5) is 18.8. The summed E-state index contributed by atoms with van der Waals surface area (Å²) in [5.74, 6) is -1.65. The van der Waals surface area contributed by atoms with Gasteiger partial charge in [0.15, 0.2) is 0 Å². The van der Waals surface area contributed by atoms with E-state index in [-0.39, 0.29) is 11.3 Å². The normalized spacial score (nSPS) is 13.7. The molecule has 1 heterocycles. The number of hydrogen-bond acceptors (Lipinski definition) is 4. The van der Waals surface area contributed by atoms with Crippen LogP contribution in [0.1, 0.15) is 20.0 Å². The molecule has 0 bridgehead atoms. The Bertz CT molecular complexity index is 799. The Morgan fingerprint density at radius 1 is 1.36 bits per heavy atom. The Morgan fingerprint density at radius 3 is 2.77 bits per heavy atom. The highest BCUT2D eigenvalue weighted by molar-refractivity contribution is 6.28. The fourth-order valence-corrected chi connectivity index (χ4v) is 1.78. The molecule has 0 fully saturated rings. The molecule has 5 nitrogen and oxygen atoms in total. The van der Waals surface area contributed by atoms with Gasteiger partial charge in [-0.1, -0.05) is 12.1 Å². The SMILES string of the molecule is [2H]C([2H])([2H])NC(=O)c1ccccc1Nc1nc(Cl)ncc1C(F)(F)F. The fourth-order valence-electron chi connectivity index (χ4n) is 1.65. The zero-order chi connectivity index (χ0) is 18.8. The van der Waals surface area contributed by atoms with Crippen LogP contribution in [0.25, 0.3) is 0 Å². The summed E-state index contributed by atoms with van der Waals surface area (Å²) in [6.45, 7) is -2.75. The van der Waals surface area contributed by atoms with Crippen LogP contribution in [0.4, 0.5) is 24.7 Å². The van der Waals surface area contributed by atoms with Gasteiger partial charge in [-0.25, -0.2) is 4.98 Å². The number of hydrogen-bond donors (Lipinski definition) is 2. The standard InChI is InChI=1S/C13H10ClF3N4O/c1-18-11(22)7-4-2-3-5-9(7)20-10-8(13(15,16)17)6-19-12(14)21-10/h2-6H,1H3,(H,18,22)(H,19,20,21)/i1D3. The van der Waals surface area contributed by atoms with E-state index >= 15 is 0 Å². The molecule has 1 amide bonds. The van der Waals surface area contributed by atoms with Gasteiger partial charge in [0.2, 0.25) is 5.28 Å². The van der Waals surface area contributed by atoms with Crippen molar-refractivity contribution in [2.24, 2.45) is 0 Å². The molecule has 9 heteroatoms. The Hall–Kier alpha value is -2.35. The summed E-state index contributed by atoms with van der Waals surface area (Å²) in [5.41, 5.74) is -1.45. The van der Waals surface area contributed by atoms with Crippen LogP contribution in [0.2, 0.25) is 5.28 Å². The Morgan fingerprint density at radius 2 is 2.09 bits per heavy atom. The number of carbonyl (C=O) groups is 1. The molecule has 0 unspecified atom stereocenters. The summed E-state index contributed by atoms with van der Waals surface area (Å²) in [6.07, 6.45) is -4.26. The number of nitrogens with one attached hydrogen (secondary N) is 2. The first kappa shape index (κ1) is 12.2. The number of anilines is 2. The van der Waals surface area contributed by atoms with Crippen LogP contribution in [0.5, 0.6) is 0 Å². The Labute approximate surface area is 132 Å². The van der Waals surface area contributed by atoms with Gasteiger partial charge in [0.25, 0.3) is 5.91 Å². The van der Waals surface area contributed by atoms with Gasteiger partial charge < -0.3 is 10.6 Å². The molecule has 0 saturated heterocycles. The van der Waals surface area contributed by atoms with Gasteiger partial charge in [-0.2, -0.15) is 18.2 Å². The highest BCUT2D eigenvalue weighted by atomic mass is 35.5. The van der Waals surface area contributed by atoms with E-state index in [9.17, 15) is 18.0 Å². The quantitative estimate of drug-likeness (QED) is 0.846. The van der Waals surface area contributed by atoms with Crippen LogP contribution in [-0.4, -0.2) is 22.9 Å². The summed E-state index contributed by atoms with van der Waals surface area (Å²) >= 11 is 5.54. The molecule has 0 atom stereocenters. The summed E-state index contributed by atoms with van der Waals surface area (Å²) < 4.78 is 60.3. The van der Waals surface area contributed by atoms with Crippen LogP contribution in [0, 0.1) is 0 Å². The van der Waals surface area contributed by atoms with Gasteiger partial charge in [0, 0.05) is 17.3 Å². The van der Waals surface area contributed by atoms with Crippen LogP contribution in [0.3, 0.4) is 0 Å². The van der Waals surface area contributed by atoms with E-state index in [0.717, 1.165) is 0 Å². The molecule has 0 aliphatic rings. The number of benzene rings is 1. The van der Waals surface area contributed by atoms with Crippen molar-refractivity contribution >= 4 is 29.0 Å². The number of amides is 1. The lowest BCUT2D eigenvalue weighted by atomic mass is 10.1. The smallest absolute Gasteiger partial charge is 0.355 e. The molecule has 0 saturated carbocycles. The number of para-hydroxylation sites is 1. The minimum absolute atomic E-state index is 0.0792. The molecular formula is C13H10ClF3N4O. The molecule has 22 heavy (non-hydrogen) atoms. The molecular weight excluding hydrogens is 321 g/mol. The highest BCUT2D eigenvalue weighted by Crippen LogP contribution is 2.35. The Kier molecular flexibility index (Phi) is 3.44. The maximum atomic E-state index is 13.0. The van der Waals surface area contributed by atoms with E-state index in [2.05, 4.69) is 15.3 Å². The van der Waals surface area contributed by atoms with Crippen molar-refractivity contribution in [3.63, 3.8) is 0 Å². The minimum Gasteiger partial charge on any atom is -0.355 e. The fraction of sp³-hybridized carbons (Fsp3) is 0.154. The lowest BCUT2D eigenvalue weighted by molar-refractivity contribution is -0.137. The lowest BCUT2D eigenvalue weighted by Gasteiger charge is -2.15. The third-order valence-corrected chi connectivity index (χ3v) is 2.79. The average molecular weight is 334 g/mol. The number of alkyl halides is 3. The van der Waals surface area contributed by atoms with Gasteiger partial charge in [-0.05, 0) is 23.7 Å². The predicted octanol–water partition coefficient (Wildman–Crippen LogP) is 3.25. The molecule has 2 N–H and O–H groups in total. The van der Waals surface area contributed by atoms with Gasteiger partial charge >= 0.3 is 6.18 Å². The first-order chi connectivity index (χ1) is 11.5. The van der Waals surface area contributed by atoms with Crippen molar-refractivity contribution in [2.75, 3.05) is 12.3 Å². The first-order valence-corrected chi connectivity index (χ1v) is 6.13. The van der Waals surface area contributed by atoms with E-state index in [1.54, 1.807) is 5.32 Å². The van der Waals surface area contributed by atoms with E-state index in [1.165, 1.54) is 24.3 Å². The maximum absolute atomic E-state index is 13.0. The second-order valence-corrected chi connectivity index (χ2v) is 4.36. The number of carbonyl (C=O) groups excluding carboxylic acids is 1. The van der Waals surface area contributed by atoms with Gasteiger partial charge in [-0.3, -0.25) is 4.79 Å². The van der Waals surface area contributed by atoms with E-state index in [4.69, 9.17) is 15.7 Å². The van der Waals surface area contributed by atoms with Crippen molar-refractivity contribution in [3.8, 4) is 0 Å². The summed E-state index contributed by atoms with van der Waals surface area (Å²) in [7, 11) is 0. The topological polar surface area (TPSA) is 66.9 Å². The average Bonchev–Trinajstić information content (AvgIpc) is 2.44. The predicted molar refractivity (Wildman–Crippen MR) is 75.2 cm³/mol. The van der Waals surface area contributed by atoms with Crippen LogP contribution in [-0.2, 0) is 6.18 Å². The van der Waals surface area contributed by atoms with Gasteiger partial charge in [0.1, 0.15) is 11.4 Å². The zero-order valence-corrected chi connectivity index (χ0v) is 11.5. The number of rotatable bonds is 3. The maximum Gasteiger partial charge on any atom is 0.421 e. The van der Waals surface area contributed by atoms with Crippen molar-refractivity contribution in [2.45, 2.75) is 6.18 Å². The van der Waals surface area contributed by atoms with Crippen LogP contribution in [0.15, 0.2) is 30.5 Å². The number of halogens is 4. The number of aromatic nitrogens is 2. The Balaban J connectivity index is 2.43. The van der Waals surface area contributed by atoms with Crippen LogP contribution >= 0.6 is 11.6 Å². The molecule has 1 aromatic heterocycles. The zero-order valence-electron chi connectivity index (χ0n) is 13.7. The minimum atomic E-state index is -4.76. The molecule has 0 radical (unpaired) electrons. The van der Waals surface area contributed by atoms with Crippen molar-refractivity contribution in [1.82, 2.24) is 15.3 Å². The van der Waals surface area contributed by atoms with E-state index < -0.39 is 35.7 Å². The van der Waals surface area contributed by atoms with E-state index in [0.29, 0.717) is 6.20 Å². The molecule has 0 spiro atoms. The molecule has 2 rings (SSSR count). The van der Waals surface area contributed by atoms with Crippen molar-refractivity contribution in [3.05, 3.63) is 46.9 Å². The lowest BCUT2D eigenvalue weighted by Crippen LogP contribution is -2.19. The third-order valence-electron chi connectivity index (χ3n) is 2.60. The van der Waals surface area contributed by atoms with Crippen molar-refractivity contribution < 1.29 is 22.1 Å². The van der Waals surface area contributed by atoms with Crippen LogP contribution < -0.4 is 10.6 Å². The second-order valence-electron chi connectivity index (χ2n) is 4.02. The molecule has 116 valence electrons. The molecule has 0 aliphatic heterocycles. The molecule has 2 aromatic rings. The first-order valence-electron chi connectivity index (χ1n) is 7.26. The van der Waals surface area contributed by atoms with Crippen molar-refractivity contribution in [1.29, 1.82) is 0 Å². The van der Waals surface area contributed by atoms with Gasteiger partial charge in [0.05, 0.1) is 11.3 Å². The largest absolute Gasteiger partial charge is 0.421 e. The van der Waals surface area contributed by atoms with E-state index in [1.807, 2.05) is 0 Å². The summed E-state index contributed by atoms with van der Waals surface area (Å²) in [5, 5.41) is 3.68.